The Balaban J connectivity index is 1.99. The monoisotopic (exact) mass is 360 g/mol. The van der Waals surface area contributed by atoms with Crippen molar-refractivity contribution in [3.05, 3.63) is 21.9 Å². The largest absolute Gasteiger partial charge is 0.466 e. The summed E-state index contributed by atoms with van der Waals surface area (Å²) in [5, 5.41) is 3.84. The second-order valence-corrected chi connectivity index (χ2v) is 6.22. The van der Waals surface area contributed by atoms with Crippen LogP contribution in [-0.2, 0) is 9.53 Å². The number of carbonyl (C=O) groups is 1. The summed E-state index contributed by atoms with van der Waals surface area (Å²) in [6.45, 7) is 2.28. The third-order valence-electron chi connectivity index (χ3n) is 3.46. The van der Waals surface area contributed by atoms with Crippen LogP contribution in [0.4, 0.5) is 5.69 Å². The molecule has 6 heteroatoms. The second-order valence-electron chi connectivity index (χ2n) is 4.95. The molecule has 1 aliphatic rings. The number of carbonyl (C=O) groups excluding carboxylic acids is 1. The van der Waals surface area contributed by atoms with Crippen LogP contribution in [0.1, 0.15) is 32.6 Å². The quantitative estimate of drug-likeness (QED) is 0.650. The maximum atomic E-state index is 11.8. The van der Waals surface area contributed by atoms with E-state index in [-0.39, 0.29) is 17.9 Å². The average molecular weight is 362 g/mol. The van der Waals surface area contributed by atoms with E-state index in [0.717, 1.165) is 35.8 Å². The normalized spacial score (nSPS) is 22.4. The molecule has 0 saturated heterocycles. The number of hydrogen-bond donors (Lipinski definition) is 1. The Morgan fingerprint density at radius 3 is 3.15 bits per heavy atom. The van der Waals surface area contributed by atoms with Gasteiger partial charge in [0.1, 0.15) is 0 Å². The van der Waals surface area contributed by atoms with Crippen molar-refractivity contribution < 1.29 is 9.53 Å². The zero-order valence-corrected chi connectivity index (χ0v) is 13.7. The van der Waals surface area contributed by atoms with Gasteiger partial charge in [0, 0.05) is 16.7 Å². The summed E-state index contributed by atoms with van der Waals surface area (Å²) in [5.74, 6) is -0.0995. The summed E-state index contributed by atoms with van der Waals surface area (Å²) in [7, 11) is 0. The van der Waals surface area contributed by atoms with Crippen LogP contribution >= 0.6 is 27.5 Å². The lowest BCUT2D eigenvalue weighted by Gasteiger charge is -2.29. The lowest BCUT2D eigenvalue weighted by molar-refractivity contribution is -0.149. The van der Waals surface area contributed by atoms with Gasteiger partial charge in [-0.1, -0.05) is 18.0 Å². The molecule has 1 heterocycles. The van der Waals surface area contributed by atoms with E-state index in [2.05, 4.69) is 26.2 Å². The van der Waals surface area contributed by atoms with Crippen molar-refractivity contribution in [2.45, 2.75) is 38.6 Å². The first kappa shape index (κ1) is 15.6. The summed E-state index contributed by atoms with van der Waals surface area (Å²) in [6, 6.07) is 2.13. The summed E-state index contributed by atoms with van der Waals surface area (Å²) in [4.78, 5) is 15.9. The van der Waals surface area contributed by atoms with Crippen molar-refractivity contribution in [1.82, 2.24) is 4.98 Å². The minimum atomic E-state index is -0.0857. The number of hydrogen-bond acceptors (Lipinski definition) is 4. The fourth-order valence-electron chi connectivity index (χ4n) is 2.54. The van der Waals surface area contributed by atoms with Gasteiger partial charge in [-0.25, -0.2) is 4.98 Å². The molecule has 1 N–H and O–H groups in total. The van der Waals surface area contributed by atoms with E-state index in [1.54, 1.807) is 6.20 Å². The van der Waals surface area contributed by atoms with Gasteiger partial charge in [0.25, 0.3) is 0 Å². The number of anilines is 1. The molecule has 2 atom stereocenters. The van der Waals surface area contributed by atoms with Crippen LogP contribution in [-0.4, -0.2) is 23.6 Å². The van der Waals surface area contributed by atoms with E-state index >= 15 is 0 Å². The van der Waals surface area contributed by atoms with Gasteiger partial charge in [-0.05, 0) is 48.2 Å². The Kier molecular flexibility index (Phi) is 5.66. The first-order chi connectivity index (χ1) is 9.60. The first-order valence-electron chi connectivity index (χ1n) is 6.84. The summed E-state index contributed by atoms with van der Waals surface area (Å²) in [6.07, 6.45) is 5.39. The molecular weight excluding hydrogens is 344 g/mol. The number of aromatic nitrogens is 1. The van der Waals surface area contributed by atoms with E-state index in [1.165, 1.54) is 0 Å². The molecule has 2 rings (SSSR count). The number of halogens is 2. The number of nitrogens with zero attached hydrogens (tertiary/aromatic N) is 1. The molecule has 0 radical (unpaired) electrons. The van der Waals surface area contributed by atoms with Gasteiger partial charge in [-0.3, -0.25) is 4.79 Å². The van der Waals surface area contributed by atoms with Crippen molar-refractivity contribution >= 4 is 39.2 Å². The molecule has 0 bridgehead atoms. The Bertz CT molecular complexity index is 484. The summed E-state index contributed by atoms with van der Waals surface area (Å²) in [5.41, 5.74) is 0.801. The minimum absolute atomic E-state index is 0.0138. The summed E-state index contributed by atoms with van der Waals surface area (Å²) < 4.78 is 5.99. The van der Waals surface area contributed by atoms with Crippen LogP contribution < -0.4 is 5.32 Å². The van der Waals surface area contributed by atoms with Gasteiger partial charge in [-0.15, -0.1) is 0 Å². The molecule has 1 aromatic rings. The number of nitrogens with one attached hydrogen (secondary N) is 1. The van der Waals surface area contributed by atoms with Crippen LogP contribution in [0.5, 0.6) is 0 Å². The zero-order valence-electron chi connectivity index (χ0n) is 11.4. The molecule has 1 saturated carbocycles. The van der Waals surface area contributed by atoms with Gasteiger partial charge in [0.15, 0.2) is 5.15 Å². The molecule has 0 aromatic carbocycles. The Labute approximate surface area is 132 Å². The van der Waals surface area contributed by atoms with Gasteiger partial charge >= 0.3 is 5.97 Å². The number of pyridine rings is 1. The highest BCUT2D eigenvalue weighted by atomic mass is 79.9. The van der Waals surface area contributed by atoms with Crippen LogP contribution in [0.25, 0.3) is 0 Å². The van der Waals surface area contributed by atoms with Gasteiger partial charge in [-0.2, -0.15) is 0 Å². The molecule has 1 fully saturated rings. The molecule has 0 amide bonds. The maximum Gasteiger partial charge on any atom is 0.308 e. The Hall–Kier alpha value is -0.810. The van der Waals surface area contributed by atoms with Crippen molar-refractivity contribution in [1.29, 1.82) is 0 Å². The molecule has 4 nitrogen and oxygen atoms in total. The van der Waals surface area contributed by atoms with E-state index in [1.807, 2.05) is 13.0 Å². The highest BCUT2D eigenvalue weighted by molar-refractivity contribution is 9.10. The zero-order chi connectivity index (χ0) is 14.5. The Morgan fingerprint density at radius 2 is 2.40 bits per heavy atom. The maximum absolute atomic E-state index is 11.8. The first-order valence-corrected chi connectivity index (χ1v) is 8.01. The van der Waals surface area contributed by atoms with Gasteiger partial charge in [0.2, 0.25) is 0 Å². The molecule has 1 aromatic heterocycles. The van der Waals surface area contributed by atoms with Crippen LogP contribution in [0, 0.1) is 5.92 Å². The fourth-order valence-corrected chi connectivity index (χ4v) is 3.03. The SMILES string of the molecule is CCOC(=O)C1CCCC(Nc2cc(Br)cnc2Cl)C1. The van der Waals surface area contributed by atoms with Crippen molar-refractivity contribution in [2.75, 3.05) is 11.9 Å². The number of esters is 1. The highest BCUT2D eigenvalue weighted by Crippen LogP contribution is 2.30. The van der Waals surface area contributed by atoms with Crippen LogP contribution in [0.3, 0.4) is 0 Å². The Morgan fingerprint density at radius 1 is 1.60 bits per heavy atom. The minimum Gasteiger partial charge on any atom is -0.466 e. The van der Waals surface area contributed by atoms with E-state index in [0.29, 0.717) is 11.8 Å². The predicted molar refractivity (Wildman–Crippen MR) is 82.9 cm³/mol. The molecule has 1 aliphatic carbocycles. The van der Waals surface area contributed by atoms with Crippen LogP contribution in [0.15, 0.2) is 16.7 Å². The average Bonchev–Trinajstić information content (AvgIpc) is 2.43. The smallest absolute Gasteiger partial charge is 0.308 e. The van der Waals surface area contributed by atoms with Crippen LogP contribution in [0.2, 0.25) is 5.15 Å². The third kappa shape index (κ3) is 4.09. The fraction of sp³-hybridized carbons (Fsp3) is 0.571. The second kappa shape index (κ2) is 7.27. The molecule has 20 heavy (non-hydrogen) atoms. The number of ether oxygens (including phenoxy) is 1. The van der Waals surface area contributed by atoms with Gasteiger partial charge < -0.3 is 10.1 Å². The summed E-state index contributed by atoms with van der Waals surface area (Å²) >= 11 is 9.46. The number of rotatable bonds is 4. The molecular formula is C14H18BrClN2O2. The third-order valence-corrected chi connectivity index (χ3v) is 4.19. The topological polar surface area (TPSA) is 51.2 Å². The van der Waals surface area contributed by atoms with E-state index in [9.17, 15) is 4.79 Å². The molecule has 0 spiro atoms. The molecule has 2 unspecified atom stereocenters. The lowest BCUT2D eigenvalue weighted by Crippen LogP contribution is -2.32. The molecule has 110 valence electrons. The lowest BCUT2D eigenvalue weighted by atomic mass is 9.85. The predicted octanol–water partition coefficient (Wildman–Crippen LogP) is 4.03. The van der Waals surface area contributed by atoms with E-state index in [4.69, 9.17) is 16.3 Å². The standard InChI is InChI=1S/C14H18BrClN2O2/c1-2-20-14(19)9-4-3-5-11(6-9)18-12-7-10(15)8-17-13(12)16/h7-9,11,18H,2-6H2,1H3. The van der Waals surface area contributed by atoms with E-state index < -0.39 is 0 Å². The molecule has 0 aliphatic heterocycles. The van der Waals surface area contributed by atoms with Crippen molar-refractivity contribution in [2.24, 2.45) is 5.92 Å². The van der Waals surface area contributed by atoms with Crippen molar-refractivity contribution in [3.63, 3.8) is 0 Å². The van der Waals surface area contributed by atoms with Crippen molar-refractivity contribution in [3.8, 4) is 0 Å². The van der Waals surface area contributed by atoms with Gasteiger partial charge in [0.05, 0.1) is 18.2 Å². The highest BCUT2D eigenvalue weighted by Gasteiger charge is 2.28.